The standard InChI is InChI=1S/C11H5F2N3O/c12-8-2-1-3-9(7(8)5-14)17-11-4-10(13)15-6-16-11/h1-4,6H. The molecule has 0 N–H and O–H groups in total. The molecule has 0 aliphatic carbocycles. The molecule has 0 aliphatic heterocycles. The molecular weight excluding hydrogens is 228 g/mol. The quantitative estimate of drug-likeness (QED) is 0.747. The van der Waals surface area contributed by atoms with E-state index < -0.39 is 11.8 Å². The Morgan fingerprint density at radius 3 is 2.76 bits per heavy atom. The van der Waals surface area contributed by atoms with Crippen LogP contribution < -0.4 is 4.74 Å². The van der Waals surface area contributed by atoms with Crippen molar-refractivity contribution in [3.8, 4) is 17.7 Å². The Bertz CT molecular complexity index is 596. The van der Waals surface area contributed by atoms with Crippen molar-refractivity contribution in [2.24, 2.45) is 0 Å². The van der Waals surface area contributed by atoms with E-state index in [1.165, 1.54) is 12.1 Å². The third-order valence-electron chi connectivity index (χ3n) is 1.91. The highest BCUT2D eigenvalue weighted by molar-refractivity contribution is 5.45. The maximum atomic E-state index is 13.2. The molecule has 4 nitrogen and oxygen atoms in total. The second kappa shape index (κ2) is 4.53. The van der Waals surface area contributed by atoms with E-state index in [4.69, 9.17) is 10.00 Å². The van der Waals surface area contributed by atoms with E-state index in [2.05, 4.69) is 9.97 Å². The first-order valence-corrected chi connectivity index (χ1v) is 4.54. The fourth-order valence-corrected chi connectivity index (χ4v) is 1.18. The van der Waals surface area contributed by atoms with Crippen LogP contribution in [-0.2, 0) is 0 Å². The van der Waals surface area contributed by atoms with Gasteiger partial charge in [0.25, 0.3) is 0 Å². The Kier molecular flexibility index (Phi) is 2.92. The molecule has 0 bridgehead atoms. The largest absolute Gasteiger partial charge is 0.437 e. The Labute approximate surface area is 95.1 Å². The Hall–Kier alpha value is -2.55. The molecule has 6 heteroatoms. The molecule has 0 aliphatic rings. The summed E-state index contributed by atoms with van der Waals surface area (Å²) in [7, 11) is 0. The summed E-state index contributed by atoms with van der Waals surface area (Å²) in [5.41, 5.74) is -0.258. The van der Waals surface area contributed by atoms with Crippen LogP contribution in [0.25, 0.3) is 0 Å². The lowest BCUT2D eigenvalue weighted by molar-refractivity contribution is 0.445. The maximum absolute atomic E-state index is 13.2. The Balaban J connectivity index is 2.37. The minimum atomic E-state index is -0.773. The summed E-state index contributed by atoms with van der Waals surface area (Å²) in [6.45, 7) is 0. The van der Waals surface area contributed by atoms with Gasteiger partial charge in [0.05, 0.1) is 6.07 Å². The average Bonchev–Trinajstić information content (AvgIpc) is 2.29. The van der Waals surface area contributed by atoms with Gasteiger partial charge in [0.2, 0.25) is 11.8 Å². The van der Waals surface area contributed by atoms with E-state index in [1.807, 2.05) is 0 Å². The molecule has 0 saturated carbocycles. The van der Waals surface area contributed by atoms with Crippen molar-refractivity contribution < 1.29 is 13.5 Å². The number of benzene rings is 1. The first-order chi connectivity index (χ1) is 8.20. The van der Waals surface area contributed by atoms with Gasteiger partial charge in [0, 0.05) is 0 Å². The average molecular weight is 233 g/mol. The Morgan fingerprint density at radius 2 is 2.06 bits per heavy atom. The van der Waals surface area contributed by atoms with Gasteiger partial charge in [-0.25, -0.2) is 14.4 Å². The van der Waals surface area contributed by atoms with E-state index in [9.17, 15) is 8.78 Å². The smallest absolute Gasteiger partial charge is 0.225 e. The number of nitrogens with zero attached hydrogens (tertiary/aromatic N) is 3. The SMILES string of the molecule is N#Cc1c(F)cccc1Oc1cc(F)ncn1. The van der Waals surface area contributed by atoms with Crippen LogP contribution in [0, 0.1) is 23.1 Å². The number of nitriles is 1. The monoisotopic (exact) mass is 233 g/mol. The van der Waals surface area contributed by atoms with E-state index >= 15 is 0 Å². The summed E-state index contributed by atoms with van der Waals surface area (Å²) in [5, 5.41) is 8.76. The highest BCUT2D eigenvalue weighted by atomic mass is 19.1. The fraction of sp³-hybridized carbons (Fsp3) is 0. The van der Waals surface area contributed by atoms with Gasteiger partial charge in [-0.1, -0.05) is 6.07 Å². The zero-order valence-corrected chi connectivity index (χ0v) is 8.39. The molecule has 17 heavy (non-hydrogen) atoms. The molecule has 1 aromatic heterocycles. The van der Waals surface area contributed by atoms with E-state index in [-0.39, 0.29) is 17.2 Å². The molecule has 0 saturated heterocycles. The van der Waals surface area contributed by atoms with Crippen LogP contribution in [0.15, 0.2) is 30.6 Å². The predicted molar refractivity (Wildman–Crippen MR) is 53.2 cm³/mol. The van der Waals surface area contributed by atoms with Gasteiger partial charge in [0.1, 0.15) is 29.5 Å². The first-order valence-electron chi connectivity index (χ1n) is 4.54. The van der Waals surface area contributed by atoms with Gasteiger partial charge >= 0.3 is 0 Å². The zero-order chi connectivity index (χ0) is 12.3. The minimum absolute atomic E-state index is 0.0226. The first kappa shape index (κ1) is 11.0. The molecule has 0 radical (unpaired) electrons. The summed E-state index contributed by atoms with van der Waals surface area (Å²) in [6.07, 6.45) is 0.968. The van der Waals surface area contributed by atoms with Gasteiger partial charge in [-0.3, -0.25) is 0 Å². The summed E-state index contributed by atoms with van der Waals surface area (Å²) >= 11 is 0. The molecule has 0 spiro atoms. The van der Waals surface area contributed by atoms with Crippen LogP contribution in [0.1, 0.15) is 5.56 Å². The van der Waals surface area contributed by atoms with Crippen LogP contribution in [0.2, 0.25) is 0 Å². The molecular formula is C11H5F2N3O. The van der Waals surface area contributed by atoms with Crippen LogP contribution in [0.3, 0.4) is 0 Å². The van der Waals surface area contributed by atoms with Gasteiger partial charge in [-0.15, -0.1) is 0 Å². The molecule has 0 amide bonds. The highest BCUT2D eigenvalue weighted by Crippen LogP contribution is 2.25. The maximum Gasteiger partial charge on any atom is 0.225 e. The molecule has 84 valence electrons. The van der Waals surface area contributed by atoms with E-state index in [1.54, 1.807) is 6.07 Å². The van der Waals surface area contributed by atoms with Crippen LogP contribution >= 0.6 is 0 Å². The number of hydrogen-bond acceptors (Lipinski definition) is 4. The lowest BCUT2D eigenvalue weighted by Crippen LogP contribution is -1.94. The summed E-state index contributed by atoms with van der Waals surface area (Å²) in [5.74, 6) is -1.60. The lowest BCUT2D eigenvalue weighted by Gasteiger charge is -2.05. The van der Waals surface area contributed by atoms with Crippen molar-refractivity contribution >= 4 is 0 Å². The zero-order valence-electron chi connectivity index (χ0n) is 8.39. The van der Waals surface area contributed by atoms with Gasteiger partial charge in [0.15, 0.2) is 0 Å². The van der Waals surface area contributed by atoms with Crippen molar-refractivity contribution in [3.63, 3.8) is 0 Å². The highest BCUT2D eigenvalue weighted by Gasteiger charge is 2.10. The van der Waals surface area contributed by atoms with Crippen molar-refractivity contribution in [1.82, 2.24) is 9.97 Å². The molecule has 1 heterocycles. The number of ether oxygens (including phenoxy) is 1. The van der Waals surface area contributed by atoms with Crippen LogP contribution in [0.4, 0.5) is 8.78 Å². The van der Waals surface area contributed by atoms with Crippen molar-refractivity contribution in [3.05, 3.63) is 47.9 Å². The number of hydrogen-bond donors (Lipinski definition) is 0. The van der Waals surface area contributed by atoms with E-state index in [0.29, 0.717) is 0 Å². The third-order valence-corrected chi connectivity index (χ3v) is 1.91. The van der Waals surface area contributed by atoms with Crippen LogP contribution in [0.5, 0.6) is 11.6 Å². The van der Waals surface area contributed by atoms with Gasteiger partial charge in [-0.05, 0) is 12.1 Å². The molecule has 0 unspecified atom stereocenters. The third kappa shape index (κ3) is 2.34. The minimum Gasteiger partial charge on any atom is -0.437 e. The summed E-state index contributed by atoms with van der Waals surface area (Å²) in [6, 6.07) is 6.50. The second-order valence-corrected chi connectivity index (χ2v) is 3.01. The Morgan fingerprint density at radius 1 is 1.24 bits per heavy atom. The molecule has 1 aromatic carbocycles. The lowest BCUT2D eigenvalue weighted by atomic mass is 10.2. The number of aromatic nitrogens is 2. The van der Waals surface area contributed by atoms with Crippen molar-refractivity contribution in [2.75, 3.05) is 0 Å². The number of halogens is 2. The van der Waals surface area contributed by atoms with Crippen LogP contribution in [-0.4, -0.2) is 9.97 Å². The fourth-order valence-electron chi connectivity index (χ4n) is 1.18. The normalized spacial score (nSPS) is 9.71. The molecule has 2 aromatic rings. The molecule has 0 fully saturated rings. The summed E-state index contributed by atoms with van der Waals surface area (Å²) in [4.78, 5) is 6.88. The predicted octanol–water partition coefficient (Wildman–Crippen LogP) is 2.42. The molecule has 2 rings (SSSR count). The topological polar surface area (TPSA) is 58.8 Å². The second-order valence-electron chi connectivity index (χ2n) is 3.01. The summed E-state index contributed by atoms with van der Waals surface area (Å²) < 4.78 is 31.1. The molecule has 0 atom stereocenters. The van der Waals surface area contributed by atoms with Gasteiger partial charge in [-0.2, -0.15) is 9.65 Å². The van der Waals surface area contributed by atoms with Crippen molar-refractivity contribution in [2.45, 2.75) is 0 Å². The number of rotatable bonds is 2. The van der Waals surface area contributed by atoms with Crippen molar-refractivity contribution in [1.29, 1.82) is 5.26 Å². The van der Waals surface area contributed by atoms with E-state index in [0.717, 1.165) is 18.5 Å². The van der Waals surface area contributed by atoms with Gasteiger partial charge < -0.3 is 4.74 Å².